The monoisotopic (exact) mass is 280 g/mol. The maximum Gasteiger partial charge on any atom is 0.130 e. The summed E-state index contributed by atoms with van der Waals surface area (Å²) in [6, 6.07) is 10.6. The van der Waals surface area contributed by atoms with E-state index in [0.717, 1.165) is 29.7 Å². The minimum atomic E-state index is 0.106. The van der Waals surface area contributed by atoms with Crippen molar-refractivity contribution in [1.29, 1.82) is 0 Å². The van der Waals surface area contributed by atoms with Gasteiger partial charge in [0.2, 0.25) is 0 Å². The van der Waals surface area contributed by atoms with E-state index in [2.05, 4.69) is 51.0 Å². The van der Waals surface area contributed by atoms with E-state index >= 15 is 0 Å². The highest BCUT2D eigenvalue weighted by Gasteiger charge is 2.17. The molecule has 1 atom stereocenters. The Kier molecular flexibility index (Phi) is 3.97. The standard InChI is InChI=1S/C17H20N4/c1-3-8-19-16(17-20-10-11-21(17)2)14-6-7-15-13(12-14)5-4-9-18-15/h4-7,9-12,16,19H,3,8H2,1-2H3. The SMILES string of the molecule is CCCNC(c1ccc2ncccc2c1)c1nccn1C. The molecule has 0 radical (unpaired) electrons. The van der Waals surface area contributed by atoms with E-state index in [4.69, 9.17) is 0 Å². The van der Waals surface area contributed by atoms with Gasteiger partial charge in [-0.05, 0) is 36.7 Å². The van der Waals surface area contributed by atoms with Crippen molar-refractivity contribution in [3.63, 3.8) is 0 Å². The van der Waals surface area contributed by atoms with Gasteiger partial charge in [0.1, 0.15) is 5.82 Å². The summed E-state index contributed by atoms with van der Waals surface area (Å²) in [5.74, 6) is 1.03. The lowest BCUT2D eigenvalue weighted by atomic mass is 10.0. The molecule has 0 spiro atoms. The minimum Gasteiger partial charge on any atom is -0.336 e. The molecular formula is C17H20N4. The maximum atomic E-state index is 4.51. The van der Waals surface area contributed by atoms with Gasteiger partial charge in [0, 0.05) is 31.0 Å². The number of pyridine rings is 1. The Bertz CT molecular complexity index is 732. The second-order valence-electron chi connectivity index (χ2n) is 5.24. The Morgan fingerprint density at radius 1 is 1.19 bits per heavy atom. The third-order valence-electron chi connectivity index (χ3n) is 3.68. The molecule has 21 heavy (non-hydrogen) atoms. The van der Waals surface area contributed by atoms with E-state index in [0.29, 0.717) is 0 Å². The molecule has 0 bridgehead atoms. The molecule has 0 saturated carbocycles. The number of nitrogens with one attached hydrogen (secondary N) is 1. The second kappa shape index (κ2) is 6.06. The van der Waals surface area contributed by atoms with Crippen LogP contribution >= 0.6 is 0 Å². The number of rotatable bonds is 5. The Hall–Kier alpha value is -2.20. The summed E-state index contributed by atoms with van der Waals surface area (Å²) < 4.78 is 2.07. The number of hydrogen-bond donors (Lipinski definition) is 1. The second-order valence-corrected chi connectivity index (χ2v) is 5.24. The lowest BCUT2D eigenvalue weighted by Gasteiger charge is -2.19. The molecule has 1 N–H and O–H groups in total. The first-order valence-corrected chi connectivity index (χ1v) is 7.35. The van der Waals surface area contributed by atoms with Gasteiger partial charge in [-0.15, -0.1) is 0 Å². The van der Waals surface area contributed by atoms with Crippen molar-refractivity contribution in [3.05, 3.63) is 60.3 Å². The highest BCUT2D eigenvalue weighted by molar-refractivity contribution is 5.79. The zero-order chi connectivity index (χ0) is 14.7. The van der Waals surface area contributed by atoms with Gasteiger partial charge in [-0.1, -0.05) is 19.1 Å². The summed E-state index contributed by atoms with van der Waals surface area (Å²) in [4.78, 5) is 8.89. The van der Waals surface area contributed by atoms with Gasteiger partial charge in [-0.3, -0.25) is 4.98 Å². The summed E-state index contributed by atoms with van der Waals surface area (Å²) in [6.45, 7) is 3.13. The Morgan fingerprint density at radius 2 is 2.10 bits per heavy atom. The Balaban J connectivity index is 2.03. The predicted molar refractivity (Wildman–Crippen MR) is 85.1 cm³/mol. The average Bonchev–Trinajstić information content (AvgIpc) is 2.94. The fraction of sp³-hybridized carbons (Fsp3) is 0.294. The largest absolute Gasteiger partial charge is 0.336 e. The molecule has 2 heterocycles. The molecule has 2 aromatic heterocycles. The van der Waals surface area contributed by atoms with Crippen LogP contribution in [0.2, 0.25) is 0 Å². The molecule has 0 aliphatic rings. The van der Waals surface area contributed by atoms with Crippen LogP contribution in [0.1, 0.15) is 30.8 Å². The minimum absolute atomic E-state index is 0.106. The lowest BCUT2D eigenvalue weighted by Crippen LogP contribution is -2.25. The van der Waals surface area contributed by atoms with E-state index < -0.39 is 0 Å². The molecule has 108 valence electrons. The average molecular weight is 280 g/mol. The molecule has 0 saturated heterocycles. The zero-order valence-corrected chi connectivity index (χ0v) is 12.5. The van der Waals surface area contributed by atoms with E-state index in [9.17, 15) is 0 Å². The number of fused-ring (bicyclic) bond motifs is 1. The smallest absolute Gasteiger partial charge is 0.130 e. The topological polar surface area (TPSA) is 42.7 Å². The molecule has 4 nitrogen and oxygen atoms in total. The quantitative estimate of drug-likeness (QED) is 0.781. The van der Waals surface area contributed by atoms with Gasteiger partial charge in [-0.25, -0.2) is 4.98 Å². The molecule has 0 fully saturated rings. The van der Waals surface area contributed by atoms with Crippen LogP contribution in [0.3, 0.4) is 0 Å². The molecule has 1 unspecified atom stereocenters. The molecule has 0 aliphatic heterocycles. The highest BCUT2D eigenvalue weighted by atomic mass is 15.1. The van der Waals surface area contributed by atoms with Crippen LogP contribution < -0.4 is 5.32 Å². The summed E-state index contributed by atoms with van der Waals surface area (Å²) in [5.41, 5.74) is 2.24. The van der Waals surface area contributed by atoms with Crippen molar-refractivity contribution < 1.29 is 0 Å². The van der Waals surface area contributed by atoms with Gasteiger partial charge < -0.3 is 9.88 Å². The number of nitrogens with zero attached hydrogens (tertiary/aromatic N) is 3. The maximum absolute atomic E-state index is 4.51. The van der Waals surface area contributed by atoms with Crippen molar-refractivity contribution in [2.24, 2.45) is 7.05 Å². The summed E-state index contributed by atoms with van der Waals surface area (Å²) in [6.07, 6.45) is 6.75. The number of benzene rings is 1. The summed E-state index contributed by atoms with van der Waals surface area (Å²) in [7, 11) is 2.03. The Labute approximate surface area is 124 Å². The van der Waals surface area contributed by atoms with Crippen LogP contribution in [0.5, 0.6) is 0 Å². The zero-order valence-electron chi connectivity index (χ0n) is 12.5. The van der Waals surface area contributed by atoms with Gasteiger partial charge in [0.15, 0.2) is 0 Å². The van der Waals surface area contributed by atoms with Crippen LogP contribution in [-0.4, -0.2) is 21.1 Å². The molecule has 4 heteroatoms. The highest BCUT2D eigenvalue weighted by Crippen LogP contribution is 2.23. The van der Waals surface area contributed by atoms with Gasteiger partial charge in [-0.2, -0.15) is 0 Å². The lowest BCUT2D eigenvalue weighted by molar-refractivity contribution is 0.556. The van der Waals surface area contributed by atoms with Crippen LogP contribution in [0.25, 0.3) is 10.9 Å². The molecule has 0 amide bonds. The summed E-state index contributed by atoms with van der Waals surface area (Å²) in [5, 5.41) is 4.75. The van der Waals surface area contributed by atoms with Gasteiger partial charge in [0.25, 0.3) is 0 Å². The van der Waals surface area contributed by atoms with Crippen molar-refractivity contribution in [3.8, 4) is 0 Å². The van der Waals surface area contributed by atoms with Crippen molar-refractivity contribution in [1.82, 2.24) is 19.9 Å². The van der Waals surface area contributed by atoms with Crippen molar-refractivity contribution in [2.75, 3.05) is 6.54 Å². The van der Waals surface area contributed by atoms with Crippen LogP contribution in [0, 0.1) is 0 Å². The molecule has 0 aliphatic carbocycles. The van der Waals surface area contributed by atoms with Gasteiger partial charge >= 0.3 is 0 Å². The fourth-order valence-corrected chi connectivity index (χ4v) is 2.58. The number of aromatic nitrogens is 3. The number of hydrogen-bond acceptors (Lipinski definition) is 3. The molecular weight excluding hydrogens is 260 g/mol. The normalized spacial score (nSPS) is 12.7. The Morgan fingerprint density at radius 3 is 2.86 bits per heavy atom. The van der Waals surface area contributed by atoms with Crippen molar-refractivity contribution >= 4 is 10.9 Å². The molecule has 3 rings (SSSR count). The van der Waals surface area contributed by atoms with Gasteiger partial charge in [0.05, 0.1) is 11.6 Å². The molecule has 1 aromatic carbocycles. The predicted octanol–water partition coefficient (Wildman–Crippen LogP) is 3.06. The first-order valence-electron chi connectivity index (χ1n) is 7.35. The molecule has 3 aromatic rings. The fourth-order valence-electron chi connectivity index (χ4n) is 2.58. The summed E-state index contributed by atoms with van der Waals surface area (Å²) >= 11 is 0. The van der Waals surface area contributed by atoms with Crippen LogP contribution in [0.4, 0.5) is 0 Å². The number of aryl methyl sites for hydroxylation is 1. The van der Waals surface area contributed by atoms with E-state index in [1.165, 1.54) is 5.56 Å². The third-order valence-corrected chi connectivity index (χ3v) is 3.68. The first-order chi connectivity index (χ1) is 10.3. The van der Waals surface area contributed by atoms with Crippen molar-refractivity contribution in [2.45, 2.75) is 19.4 Å². The van der Waals surface area contributed by atoms with Crippen LogP contribution in [0.15, 0.2) is 48.9 Å². The number of imidazole rings is 1. The van der Waals surface area contributed by atoms with E-state index in [1.807, 2.05) is 31.7 Å². The first kappa shape index (κ1) is 13.8. The third kappa shape index (κ3) is 2.81. The van der Waals surface area contributed by atoms with Crippen LogP contribution in [-0.2, 0) is 7.05 Å². The van der Waals surface area contributed by atoms with E-state index in [1.54, 1.807) is 0 Å². The van der Waals surface area contributed by atoms with E-state index in [-0.39, 0.29) is 6.04 Å².